The molecule has 0 unspecified atom stereocenters. The summed E-state index contributed by atoms with van der Waals surface area (Å²) in [5, 5.41) is 0. The van der Waals surface area contributed by atoms with Crippen LogP contribution in [0.15, 0.2) is 9.43 Å². The van der Waals surface area contributed by atoms with Crippen LogP contribution in [0.2, 0.25) is 0 Å². The zero-order valence-corrected chi connectivity index (χ0v) is 14.2. The average molecular weight is 385 g/mol. The van der Waals surface area contributed by atoms with E-state index in [0.717, 1.165) is 0 Å². The summed E-state index contributed by atoms with van der Waals surface area (Å²) in [6, 6.07) is 0. The first kappa shape index (κ1) is 17.9. The predicted molar refractivity (Wildman–Crippen MR) is 85.4 cm³/mol. The van der Waals surface area contributed by atoms with Gasteiger partial charge in [0.15, 0.2) is 15.3 Å². The van der Waals surface area contributed by atoms with E-state index < -0.39 is 11.9 Å². The second-order valence-electron chi connectivity index (χ2n) is 3.23. The molecule has 0 saturated heterocycles. The van der Waals surface area contributed by atoms with Crippen LogP contribution in [0.4, 0.5) is 0 Å². The van der Waals surface area contributed by atoms with Gasteiger partial charge >= 0.3 is 11.9 Å². The second kappa shape index (κ2) is 8.30. The Labute approximate surface area is 139 Å². The number of halogens is 1. The van der Waals surface area contributed by atoms with Gasteiger partial charge < -0.3 is 9.47 Å². The van der Waals surface area contributed by atoms with Crippen LogP contribution in [0.25, 0.3) is 0 Å². The number of methoxy groups -OCH3 is 2. The molecule has 0 amide bonds. The fourth-order valence-corrected chi connectivity index (χ4v) is 2.82. The lowest BCUT2D eigenvalue weighted by Gasteiger charge is -1.93. The van der Waals surface area contributed by atoms with Crippen molar-refractivity contribution in [2.45, 2.75) is 0 Å². The second-order valence-corrected chi connectivity index (χ2v) is 6.42. The molecule has 2 rings (SSSR count). The number of rotatable bonds is 2. The maximum absolute atomic E-state index is 10.9. The maximum Gasteiger partial charge on any atom is 0.356 e. The first-order chi connectivity index (χ1) is 9.90. The summed E-state index contributed by atoms with van der Waals surface area (Å²) in [5.74, 6) is -0.997. The Hall–Kier alpha value is -1.19. The summed E-state index contributed by atoms with van der Waals surface area (Å²) in [5.41, 5.74) is 1.87. The van der Waals surface area contributed by atoms with Crippen LogP contribution in [-0.4, -0.2) is 51.8 Å². The van der Waals surface area contributed by atoms with E-state index in [2.05, 4.69) is 35.4 Å². The van der Waals surface area contributed by atoms with Gasteiger partial charge in [0.25, 0.3) is 0 Å². The van der Waals surface area contributed by atoms with Crippen molar-refractivity contribution in [3.05, 3.63) is 20.8 Å². The van der Waals surface area contributed by atoms with Gasteiger partial charge in [-0.3, -0.25) is 0 Å². The summed E-state index contributed by atoms with van der Waals surface area (Å²) in [6.45, 7) is 0. The van der Waals surface area contributed by atoms with Gasteiger partial charge in [0.2, 0.25) is 0 Å². The van der Waals surface area contributed by atoms with E-state index in [1.54, 1.807) is 0 Å². The molecule has 2 aromatic heterocycles. The lowest BCUT2D eigenvalue weighted by Crippen LogP contribution is -2.13. The fourth-order valence-electron chi connectivity index (χ4n) is 1.05. The zero-order valence-electron chi connectivity index (χ0n) is 11.0. The SMILES string of the molecule is [B]c1sc(Br)nc1C(=O)OC.[B]c1scnc1C(=O)OC. The quantitative estimate of drug-likeness (QED) is 0.544. The molecule has 0 saturated carbocycles. The van der Waals surface area contributed by atoms with Crippen molar-refractivity contribution in [3.8, 4) is 0 Å². The Morgan fingerprint density at radius 2 is 1.71 bits per heavy atom. The highest BCUT2D eigenvalue weighted by molar-refractivity contribution is 9.11. The summed E-state index contributed by atoms with van der Waals surface area (Å²) < 4.78 is 10.2. The van der Waals surface area contributed by atoms with Gasteiger partial charge in [-0.1, -0.05) is 0 Å². The molecule has 0 bridgehead atoms. The van der Waals surface area contributed by atoms with Crippen molar-refractivity contribution in [1.82, 2.24) is 9.97 Å². The highest BCUT2D eigenvalue weighted by Gasteiger charge is 2.13. The Balaban J connectivity index is 0.000000211. The molecule has 0 spiro atoms. The zero-order chi connectivity index (χ0) is 16.0. The predicted octanol–water partition coefficient (Wildman–Crippen LogP) is 0.209. The van der Waals surface area contributed by atoms with Gasteiger partial charge in [0.1, 0.15) is 15.7 Å². The molecule has 0 aliphatic rings. The Kier molecular flexibility index (Phi) is 7.06. The van der Waals surface area contributed by atoms with Crippen LogP contribution in [0.3, 0.4) is 0 Å². The largest absolute Gasteiger partial charge is 0.464 e. The smallest absolute Gasteiger partial charge is 0.356 e. The maximum atomic E-state index is 10.9. The topological polar surface area (TPSA) is 78.4 Å². The van der Waals surface area contributed by atoms with Crippen LogP contribution < -0.4 is 9.55 Å². The van der Waals surface area contributed by atoms with Crippen molar-refractivity contribution < 1.29 is 19.1 Å². The molecule has 2 aromatic rings. The van der Waals surface area contributed by atoms with Crippen molar-refractivity contribution in [2.24, 2.45) is 0 Å². The molecule has 0 aliphatic carbocycles. The number of esters is 2. The van der Waals surface area contributed by atoms with E-state index >= 15 is 0 Å². The number of carbonyl (C=O) groups excluding carboxylic acids is 2. The number of carbonyl (C=O) groups is 2. The third-order valence-corrected chi connectivity index (χ3v) is 3.97. The molecule has 11 heteroatoms. The molecular formula is C10H7B2BrN2O4S2. The van der Waals surface area contributed by atoms with Gasteiger partial charge in [-0.05, 0) is 25.5 Å². The fraction of sp³-hybridized carbons (Fsp3) is 0.200. The normalized spacial score (nSPS) is 9.48. The number of aromatic nitrogens is 2. The monoisotopic (exact) mass is 384 g/mol. The number of hydrogen-bond acceptors (Lipinski definition) is 8. The van der Waals surface area contributed by atoms with Crippen LogP contribution in [-0.2, 0) is 9.47 Å². The van der Waals surface area contributed by atoms with Crippen molar-refractivity contribution in [3.63, 3.8) is 0 Å². The molecule has 4 radical (unpaired) electrons. The molecule has 21 heavy (non-hydrogen) atoms. The van der Waals surface area contributed by atoms with Crippen LogP contribution in [0.5, 0.6) is 0 Å². The summed E-state index contributed by atoms with van der Waals surface area (Å²) in [6.07, 6.45) is 0. The molecule has 0 aliphatic heterocycles. The summed E-state index contributed by atoms with van der Waals surface area (Å²) in [7, 11) is 13.4. The summed E-state index contributed by atoms with van der Waals surface area (Å²) in [4.78, 5) is 29.1. The number of hydrogen-bond donors (Lipinski definition) is 0. The third-order valence-electron chi connectivity index (χ3n) is 1.98. The van der Waals surface area contributed by atoms with Crippen molar-refractivity contribution in [1.29, 1.82) is 0 Å². The van der Waals surface area contributed by atoms with Crippen molar-refractivity contribution in [2.75, 3.05) is 14.2 Å². The molecule has 2 heterocycles. The van der Waals surface area contributed by atoms with E-state index in [-0.39, 0.29) is 11.4 Å². The van der Waals surface area contributed by atoms with E-state index in [4.69, 9.17) is 15.7 Å². The minimum Gasteiger partial charge on any atom is -0.464 e. The summed E-state index contributed by atoms with van der Waals surface area (Å²) >= 11 is 5.51. The number of nitrogens with zero attached hydrogens (tertiary/aromatic N) is 2. The highest BCUT2D eigenvalue weighted by Crippen LogP contribution is 2.13. The van der Waals surface area contributed by atoms with Gasteiger partial charge in [-0.2, -0.15) is 0 Å². The Morgan fingerprint density at radius 3 is 2.10 bits per heavy atom. The number of ether oxygens (including phenoxy) is 2. The van der Waals surface area contributed by atoms with Gasteiger partial charge in [0, 0.05) is 0 Å². The molecule has 0 atom stereocenters. The highest BCUT2D eigenvalue weighted by atomic mass is 79.9. The lowest BCUT2D eigenvalue weighted by molar-refractivity contribution is 0.0587. The van der Waals surface area contributed by atoms with E-state index in [1.165, 1.54) is 42.4 Å². The average Bonchev–Trinajstić information content (AvgIpc) is 3.03. The lowest BCUT2D eigenvalue weighted by atomic mass is 10.1. The minimum atomic E-state index is -0.510. The van der Waals surface area contributed by atoms with E-state index in [0.29, 0.717) is 13.5 Å². The Morgan fingerprint density at radius 1 is 1.14 bits per heavy atom. The molecule has 0 aromatic carbocycles. The molecular weight excluding hydrogens is 378 g/mol. The molecule has 0 N–H and O–H groups in total. The van der Waals surface area contributed by atoms with Gasteiger partial charge in [-0.15, -0.1) is 22.7 Å². The van der Waals surface area contributed by atoms with Crippen LogP contribution in [0, 0.1) is 0 Å². The third kappa shape index (κ3) is 4.94. The molecule has 6 nitrogen and oxygen atoms in total. The van der Waals surface area contributed by atoms with Gasteiger partial charge in [0.05, 0.1) is 19.7 Å². The van der Waals surface area contributed by atoms with Gasteiger partial charge in [-0.25, -0.2) is 19.6 Å². The standard InChI is InChI=1S/C5H3BBrNO2S.C5H4BNO2S/c1-10-4(9)2-3(6)11-5(7)8-2;1-9-5(8)3-4(6)10-2-7-3/h1H3;2H,1H3. The van der Waals surface area contributed by atoms with Crippen LogP contribution in [0.1, 0.15) is 21.0 Å². The minimum absolute atomic E-state index is 0.171. The first-order valence-electron chi connectivity index (χ1n) is 5.18. The first-order valence-corrected chi connectivity index (χ1v) is 7.67. The van der Waals surface area contributed by atoms with E-state index in [9.17, 15) is 9.59 Å². The van der Waals surface area contributed by atoms with Crippen LogP contribution >= 0.6 is 38.6 Å². The molecule has 0 fully saturated rings. The van der Waals surface area contributed by atoms with Crippen molar-refractivity contribution >= 4 is 75.8 Å². The number of thiazole rings is 2. The Bertz CT molecular complexity index is 647. The van der Waals surface area contributed by atoms with E-state index in [1.807, 2.05) is 0 Å². The molecule has 106 valence electrons.